The van der Waals surface area contributed by atoms with Crippen molar-refractivity contribution in [2.45, 2.75) is 20.0 Å². The Bertz CT molecular complexity index is 1210. The first-order chi connectivity index (χ1) is 13.3. The van der Waals surface area contributed by atoms with E-state index in [0.717, 1.165) is 10.3 Å². The second-order valence-electron chi connectivity index (χ2n) is 7.09. The number of benzene rings is 1. The van der Waals surface area contributed by atoms with Gasteiger partial charge in [-0.1, -0.05) is 18.5 Å². The van der Waals surface area contributed by atoms with Gasteiger partial charge in [-0.25, -0.2) is 9.36 Å². The van der Waals surface area contributed by atoms with Crippen molar-refractivity contribution in [2.24, 2.45) is 18.7 Å². The lowest BCUT2D eigenvalue weighted by Crippen LogP contribution is -2.43. The van der Waals surface area contributed by atoms with Gasteiger partial charge in [0.1, 0.15) is 6.54 Å². The number of hydrogen-bond acceptors (Lipinski definition) is 5. The minimum absolute atomic E-state index is 0.224. The molecule has 10 heteroatoms. The molecule has 0 saturated carbocycles. The van der Waals surface area contributed by atoms with E-state index in [1.807, 2.05) is 17.0 Å². The Morgan fingerprint density at radius 3 is 2.57 bits per heavy atom. The number of halogens is 1. The Labute approximate surface area is 164 Å². The van der Waals surface area contributed by atoms with Crippen molar-refractivity contribution in [1.82, 2.24) is 18.7 Å². The quantitative estimate of drug-likeness (QED) is 0.697. The zero-order valence-corrected chi connectivity index (χ0v) is 16.2. The molecule has 0 fully saturated rings. The predicted octanol–water partition coefficient (Wildman–Crippen LogP) is 0.823. The highest BCUT2D eigenvalue weighted by atomic mass is 35.5. The summed E-state index contributed by atoms with van der Waals surface area (Å²) in [7, 11) is 1.52. The van der Waals surface area contributed by atoms with Gasteiger partial charge in [0, 0.05) is 30.8 Å². The smallest absolute Gasteiger partial charge is 0.332 e. The normalized spacial score (nSPS) is 16.4. The number of primary amides is 1. The maximum Gasteiger partial charge on any atom is 0.332 e. The summed E-state index contributed by atoms with van der Waals surface area (Å²) in [5.41, 5.74) is 5.46. The van der Waals surface area contributed by atoms with E-state index in [1.54, 1.807) is 16.7 Å². The van der Waals surface area contributed by atoms with Gasteiger partial charge in [-0.15, -0.1) is 0 Å². The molecule has 1 unspecified atom stereocenters. The molecule has 9 nitrogen and oxygen atoms in total. The van der Waals surface area contributed by atoms with Gasteiger partial charge in [-0.2, -0.15) is 4.98 Å². The predicted molar refractivity (Wildman–Crippen MR) is 106 cm³/mol. The second kappa shape index (κ2) is 6.52. The number of carbonyl (C=O) groups excluding carboxylic acids is 1. The van der Waals surface area contributed by atoms with Crippen LogP contribution in [0.1, 0.15) is 6.92 Å². The van der Waals surface area contributed by atoms with Crippen LogP contribution in [0.2, 0.25) is 5.02 Å². The summed E-state index contributed by atoms with van der Waals surface area (Å²) >= 11 is 6.00. The van der Waals surface area contributed by atoms with Crippen molar-refractivity contribution in [2.75, 3.05) is 11.4 Å². The van der Waals surface area contributed by atoms with Crippen molar-refractivity contribution in [3.8, 4) is 0 Å². The molecule has 3 aromatic rings. The third-order valence-corrected chi connectivity index (χ3v) is 5.15. The Morgan fingerprint density at radius 2 is 1.93 bits per heavy atom. The molecule has 4 rings (SSSR count). The highest BCUT2D eigenvalue weighted by Crippen LogP contribution is 2.33. The number of carbonyl (C=O) groups is 1. The number of aromatic nitrogens is 4. The number of aryl methyl sites for hydroxylation is 1. The minimum Gasteiger partial charge on any atom is -0.368 e. The summed E-state index contributed by atoms with van der Waals surface area (Å²) in [5, 5.41) is 0.624. The topological polar surface area (TPSA) is 108 Å². The number of anilines is 2. The molecule has 0 bridgehead atoms. The van der Waals surface area contributed by atoms with E-state index in [9.17, 15) is 14.4 Å². The molecule has 0 radical (unpaired) electrons. The fraction of sp³-hybridized carbons (Fsp3) is 0.333. The van der Waals surface area contributed by atoms with E-state index >= 15 is 0 Å². The lowest BCUT2D eigenvalue weighted by molar-refractivity contribution is -0.118. The highest BCUT2D eigenvalue weighted by molar-refractivity contribution is 6.30. The number of nitrogens with zero attached hydrogens (tertiary/aromatic N) is 5. The zero-order valence-electron chi connectivity index (χ0n) is 15.4. The molecule has 3 heterocycles. The minimum atomic E-state index is -0.756. The van der Waals surface area contributed by atoms with E-state index in [1.165, 1.54) is 11.6 Å². The summed E-state index contributed by atoms with van der Waals surface area (Å²) in [6, 6.07) is 7.35. The van der Waals surface area contributed by atoms with Crippen LogP contribution in [0.3, 0.4) is 0 Å². The monoisotopic (exact) mass is 402 g/mol. The molecular formula is C18H19ClN6O3. The molecule has 0 saturated heterocycles. The molecule has 0 spiro atoms. The van der Waals surface area contributed by atoms with Crippen molar-refractivity contribution in [3.63, 3.8) is 0 Å². The summed E-state index contributed by atoms with van der Waals surface area (Å²) in [4.78, 5) is 43.5. The summed E-state index contributed by atoms with van der Waals surface area (Å²) in [6.07, 6.45) is 0. The Balaban J connectivity index is 2.00. The fourth-order valence-corrected chi connectivity index (χ4v) is 3.76. The van der Waals surface area contributed by atoms with Crippen LogP contribution >= 0.6 is 11.6 Å². The molecule has 2 N–H and O–H groups in total. The van der Waals surface area contributed by atoms with Gasteiger partial charge < -0.3 is 15.2 Å². The van der Waals surface area contributed by atoms with Crippen molar-refractivity contribution in [1.29, 1.82) is 0 Å². The van der Waals surface area contributed by atoms with Gasteiger partial charge in [0.25, 0.3) is 5.56 Å². The van der Waals surface area contributed by atoms with Gasteiger partial charge in [0.05, 0.1) is 0 Å². The SMILES string of the molecule is CC1CN(c2ccc(Cl)cc2)c2nc3c(c(=O)n(CC(N)=O)c(=O)n3C)n2C1. The van der Waals surface area contributed by atoms with E-state index < -0.39 is 23.7 Å². The Kier molecular flexibility index (Phi) is 4.26. The van der Waals surface area contributed by atoms with Gasteiger partial charge in [-0.3, -0.25) is 14.2 Å². The van der Waals surface area contributed by atoms with Crippen molar-refractivity contribution >= 4 is 40.3 Å². The van der Waals surface area contributed by atoms with Gasteiger partial charge in [-0.05, 0) is 30.2 Å². The molecule has 1 atom stereocenters. The van der Waals surface area contributed by atoms with Gasteiger partial charge in [0.15, 0.2) is 11.2 Å². The van der Waals surface area contributed by atoms with Crippen LogP contribution in [0.4, 0.5) is 11.6 Å². The molecule has 2 aromatic heterocycles. The molecule has 146 valence electrons. The lowest BCUT2D eigenvalue weighted by atomic mass is 10.1. The van der Waals surface area contributed by atoms with E-state index in [-0.39, 0.29) is 17.1 Å². The molecule has 1 amide bonds. The van der Waals surface area contributed by atoms with Crippen LogP contribution in [-0.4, -0.2) is 31.1 Å². The number of rotatable bonds is 3. The van der Waals surface area contributed by atoms with Crippen LogP contribution in [0.5, 0.6) is 0 Å². The molecule has 0 aliphatic carbocycles. The van der Waals surface area contributed by atoms with Crippen molar-refractivity contribution in [3.05, 3.63) is 50.1 Å². The zero-order chi connectivity index (χ0) is 20.2. The first-order valence-corrected chi connectivity index (χ1v) is 9.17. The average Bonchev–Trinajstić information content (AvgIpc) is 3.03. The number of hydrogen-bond donors (Lipinski definition) is 1. The highest BCUT2D eigenvalue weighted by Gasteiger charge is 2.29. The molecule has 1 aromatic carbocycles. The average molecular weight is 403 g/mol. The second-order valence-corrected chi connectivity index (χ2v) is 7.52. The maximum absolute atomic E-state index is 13.0. The van der Waals surface area contributed by atoms with Crippen LogP contribution < -0.4 is 21.9 Å². The van der Waals surface area contributed by atoms with Gasteiger partial charge >= 0.3 is 5.69 Å². The van der Waals surface area contributed by atoms with E-state index in [0.29, 0.717) is 24.1 Å². The third-order valence-electron chi connectivity index (χ3n) is 4.89. The number of amides is 1. The first kappa shape index (κ1) is 18.3. The first-order valence-electron chi connectivity index (χ1n) is 8.79. The van der Waals surface area contributed by atoms with Crippen LogP contribution in [0.15, 0.2) is 33.9 Å². The largest absolute Gasteiger partial charge is 0.368 e. The van der Waals surface area contributed by atoms with E-state index in [4.69, 9.17) is 17.3 Å². The number of fused-ring (bicyclic) bond motifs is 3. The van der Waals surface area contributed by atoms with E-state index in [2.05, 4.69) is 11.9 Å². The Hall–Kier alpha value is -3.07. The summed E-state index contributed by atoms with van der Waals surface area (Å²) in [6.45, 7) is 2.87. The maximum atomic E-state index is 13.0. The van der Waals surface area contributed by atoms with Crippen LogP contribution in [0, 0.1) is 5.92 Å². The standard InChI is InChI=1S/C18H19ClN6O3/c1-10-7-23(12-5-3-11(19)4-6-12)17-21-15-14(24(17)8-10)16(27)25(9-13(20)26)18(28)22(15)2/h3-6,10H,7-9H2,1-2H3,(H2,20,26). The number of imidazole rings is 1. The van der Waals surface area contributed by atoms with Crippen LogP contribution in [0.25, 0.3) is 11.2 Å². The number of nitrogens with two attached hydrogens (primary N) is 1. The van der Waals surface area contributed by atoms with Crippen LogP contribution in [-0.2, 0) is 24.9 Å². The Morgan fingerprint density at radius 1 is 1.25 bits per heavy atom. The molecular weight excluding hydrogens is 384 g/mol. The summed E-state index contributed by atoms with van der Waals surface area (Å²) in [5.74, 6) is 0.0363. The molecule has 1 aliphatic rings. The third kappa shape index (κ3) is 2.78. The summed E-state index contributed by atoms with van der Waals surface area (Å²) < 4.78 is 3.93. The van der Waals surface area contributed by atoms with Crippen molar-refractivity contribution < 1.29 is 4.79 Å². The molecule has 1 aliphatic heterocycles. The lowest BCUT2D eigenvalue weighted by Gasteiger charge is -2.33. The molecule has 28 heavy (non-hydrogen) atoms. The fourth-order valence-electron chi connectivity index (χ4n) is 3.64. The van der Waals surface area contributed by atoms with Gasteiger partial charge in [0.2, 0.25) is 11.9 Å².